The van der Waals surface area contributed by atoms with E-state index in [1.54, 1.807) is 18.3 Å². The van der Waals surface area contributed by atoms with Crippen molar-refractivity contribution in [1.29, 1.82) is 0 Å². The number of aryl methyl sites for hydroxylation is 1. The number of hydrogen-bond donors (Lipinski definition) is 0. The van der Waals surface area contributed by atoms with Crippen molar-refractivity contribution in [2.45, 2.75) is 13.3 Å². The minimum atomic E-state index is -0.114. The molecule has 0 spiro atoms. The third-order valence-corrected chi connectivity index (χ3v) is 3.13. The molecule has 2 aromatic heterocycles. The summed E-state index contributed by atoms with van der Waals surface area (Å²) in [5, 5.41) is 0. The van der Waals surface area contributed by atoms with E-state index >= 15 is 0 Å². The minimum absolute atomic E-state index is 0.114. The van der Waals surface area contributed by atoms with Crippen LogP contribution in [0.3, 0.4) is 0 Å². The van der Waals surface area contributed by atoms with Gasteiger partial charge in [-0.25, -0.2) is 4.98 Å². The van der Waals surface area contributed by atoms with Crippen LogP contribution in [-0.4, -0.2) is 4.98 Å². The van der Waals surface area contributed by atoms with E-state index in [1.165, 1.54) is 11.6 Å². The second-order valence-corrected chi connectivity index (χ2v) is 4.38. The molecule has 0 aliphatic rings. The van der Waals surface area contributed by atoms with Crippen LogP contribution in [0.2, 0.25) is 0 Å². The molecule has 0 aliphatic carbocycles. The Kier molecular flexibility index (Phi) is 2.88. The van der Waals surface area contributed by atoms with Crippen LogP contribution in [0, 0.1) is 0 Å². The lowest BCUT2D eigenvalue weighted by atomic mass is 10.1. The van der Waals surface area contributed by atoms with Crippen LogP contribution in [0.4, 0.5) is 0 Å². The summed E-state index contributed by atoms with van der Waals surface area (Å²) >= 11 is 0. The van der Waals surface area contributed by atoms with Crippen LogP contribution < -0.4 is 5.43 Å². The lowest BCUT2D eigenvalue weighted by Gasteiger charge is -2.03. The Morgan fingerprint density at radius 3 is 2.68 bits per heavy atom. The van der Waals surface area contributed by atoms with Gasteiger partial charge in [-0.05, 0) is 24.1 Å². The number of aromatic nitrogens is 1. The molecule has 0 atom stereocenters. The van der Waals surface area contributed by atoms with Gasteiger partial charge >= 0.3 is 0 Å². The highest BCUT2D eigenvalue weighted by Gasteiger charge is 2.07. The summed E-state index contributed by atoms with van der Waals surface area (Å²) in [6, 6.07) is 13.0. The quantitative estimate of drug-likeness (QED) is 0.701. The Morgan fingerprint density at radius 1 is 1.16 bits per heavy atom. The summed E-state index contributed by atoms with van der Waals surface area (Å²) in [6.45, 7) is 2.11. The van der Waals surface area contributed by atoms with Crippen molar-refractivity contribution in [3.8, 4) is 11.3 Å². The second-order valence-electron chi connectivity index (χ2n) is 4.38. The highest BCUT2D eigenvalue weighted by Crippen LogP contribution is 2.21. The van der Waals surface area contributed by atoms with Gasteiger partial charge < -0.3 is 4.42 Å². The van der Waals surface area contributed by atoms with Gasteiger partial charge in [-0.15, -0.1) is 0 Å². The highest BCUT2D eigenvalue weighted by atomic mass is 16.3. The lowest BCUT2D eigenvalue weighted by molar-refractivity contribution is 0.617. The summed E-state index contributed by atoms with van der Waals surface area (Å²) in [5.41, 5.74) is 2.94. The van der Waals surface area contributed by atoms with Crippen LogP contribution in [0.1, 0.15) is 12.5 Å². The number of benzene rings is 1. The average molecular weight is 251 g/mol. The molecule has 0 bridgehead atoms. The van der Waals surface area contributed by atoms with Gasteiger partial charge in [-0.1, -0.05) is 31.2 Å². The molecule has 0 amide bonds. The molecule has 0 saturated heterocycles. The van der Waals surface area contributed by atoms with Gasteiger partial charge in [0.25, 0.3) is 0 Å². The van der Waals surface area contributed by atoms with E-state index in [9.17, 15) is 4.79 Å². The fourth-order valence-electron chi connectivity index (χ4n) is 2.04. The summed E-state index contributed by atoms with van der Waals surface area (Å²) in [6.07, 6.45) is 2.58. The van der Waals surface area contributed by atoms with E-state index < -0.39 is 0 Å². The van der Waals surface area contributed by atoms with Crippen molar-refractivity contribution in [3.05, 3.63) is 64.4 Å². The first-order valence-electron chi connectivity index (χ1n) is 6.26. The van der Waals surface area contributed by atoms with Gasteiger partial charge in [0.15, 0.2) is 11.1 Å². The molecule has 0 fully saturated rings. The van der Waals surface area contributed by atoms with Crippen molar-refractivity contribution >= 4 is 11.1 Å². The predicted octanol–water partition coefficient (Wildman–Crippen LogP) is 3.42. The maximum atomic E-state index is 12.0. The Hall–Kier alpha value is -2.42. The molecule has 3 heteroatoms. The molecule has 0 radical (unpaired) electrons. The van der Waals surface area contributed by atoms with Crippen LogP contribution in [0.5, 0.6) is 0 Å². The molecule has 0 aliphatic heterocycles. The molecule has 3 aromatic rings. The molecule has 94 valence electrons. The Morgan fingerprint density at radius 2 is 1.95 bits per heavy atom. The zero-order chi connectivity index (χ0) is 13.2. The number of hydrogen-bond acceptors (Lipinski definition) is 3. The van der Waals surface area contributed by atoms with Crippen LogP contribution in [-0.2, 0) is 6.42 Å². The standard InChI is InChI=1S/C16H13NO2/c1-2-11-5-7-12(8-6-11)15-10-13(18)16-14(19-15)4-3-9-17-16/h3-10H,2H2,1H3. The molecule has 3 rings (SSSR count). The fourth-order valence-corrected chi connectivity index (χ4v) is 2.04. The number of rotatable bonds is 2. The highest BCUT2D eigenvalue weighted by molar-refractivity contribution is 5.74. The predicted molar refractivity (Wildman–Crippen MR) is 75.1 cm³/mol. The van der Waals surface area contributed by atoms with Crippen molar-refractivity contribution in [2.24, 2.45) is 0 Å². The zero-order valence-electron chi connectivity index (χ0n) is 10.6. The normalized spacial score (nSPS) is 10.8. The van der Waals surface area contributed by atoms with E-state index in [-0.39, 0.29) is 5.43 Å². The third-order valence-electron chi connectivity index (χ3n) is 3.13. The van der Waals surface area contributed by atoms with Gasteiger partial charge in [0.2, 0.25) is 5.43 Å². The lowest BCUT2D eigenvalue weighted by Crippen LogP contribution is -2.02. The first-order chi connectivity index (χ1) is 9.28. The SMILES string of the molecule is CCc1ccc(-c2cc(=O)c3ncccc3o2)cc1. The fraction of sp³-hybridized carbons (Fsp3) is 0.125. The van der Waals surface area contributed by atoms with Crippen molar-refractivity contribution in [2.75, 3.05) is 0 Å². The summed E-state index contributed by atoms with van der Waals surface area (Å²) in [5.74, 6) is 0.577. The minimum Gasteiger partial charge on any atom is -0.454 e. The van der Waals surface area contributed by atoms with Gasteiger partial charge in [0.05, 0.1) is 0 Å². The molecule has 0 saturated carbocycles. The third kappa shape index (κ3) is 2.15. The largest absolute Gasteiger partial charge is 0.454 e. The Labute approximate surface area is 110 Å². The van der Waals surface area contributed by atoms with E-state index in [0.29, 0.717) is 16.9 Å². The molecular formula is C16H13NO2. The smallest absolute Gasteiger partial charge is 0.211 e. The van der Waals surface area contributed by atoms with E-state index in [0.717, 1.165) is 12.0 Å². The molecule has 1 aromatic carbocycles. The monoisotopic (exact) mass is 251 g/mol. The number of fused-ring (bicyclic) bond motifs is 1. The topological polar surface area (TPSA) is 43.1 Å². The summed E-state index contributed by atoms with van der Waals surface area (Å²) < 4.78 is 5.74. The first kappa shape index (κ1) is 11.7. The maximum absolute atomic E-state index is 12.0. The molecule has 0 N–H and O–H groups in total. The second kappa shape index (κ2) is 4.69. The van der Waals surface area contributed by atoms with Gasteiger partial charge in [-0.3, -0.25) is 4.79 Å². The zero-order valence-corrected chi connectivity index (χ0v) is 10.6. The average Bonchev–Trinajstić information content (AvgIpc) is 2.47. The van der Waals surface area contributed by atoms with E-state index in [2.05, 4.69) is 11.9 Å². The van der Waals surface area contributed by atoms with Gasteiger partial charge in [0.1, 0.15) is 5.76 Å². The number of nitrogens with zero attached hydrogens (tertiary/aromatic N) is 1. The van der Waals surface area contributed by atoms with Gasteiger partial charge in [0, 0.05) is 17.8 Å². The molecule has 0 unspecified atom stereocenters. The van der Waals surface area contributed by atoms with Crippen molar-refractivity contribution < 1.29 is 4.42 Å². The maximum Gasteiger partial charge on any atom is 0.211 e. The van der Waals surface area contributed by atoms with E-state index in [4.69, 9.17) is 4.42 Å². The molecule has 3 nitrogen and oxygen atoms in total. The summed E-state index contributed by atoms with van der Waals surface area (Å²) in [7, 11) is 0. The Balaban J connectivity index is 2.16. The van der Waals surface area contributed by atoms with Crippen molar-refractivity contribution in [3.63, 3.8) is 0 Å². The van der Waals surface area contributed by atoms with Gasteiger partial charge in [-0.2, -0.15) is 0 Å². The molecular weight excluding hydrogens is 238 g/mol. The first-order valence-corrected chi connectivity index (χ1v) is 6.26. The molecule has 2 heterocycles. The molecule has 19 heavy (non-hydrogen) atoms. The van der Waals surface area contributed by atoms with Crippen molar-refractivity contribution in [1.82, 2.24) is 4.98 Å². The number of pyridine rings is 1. The van der Waals surface area contributed by atoms with E-state index in [1.807, 2.05) is 24.3 Å². The Bertz CT molecular complexity index is 773. The van der Waals surface area contributed by atoms with Crippen LogP contribution in [0.25, 0.3) is 22.4 Å². The summed E-state index contributed by atoms with van der Waals surface area (Å²) in [4.78, 5) is 16.0. The van der Waals surface area contributed by atoms with Crippen LogP contribution in [0.15, 0.2) is 57.9 Å². The van der Waals surface area contributed by atoms with Crippen LogP contribution >= 0.6 is 0 Å².